The Morgan fingerprint density at radius 3 is 2.67 bits per heavy atom. The number of hydrogen-bond donors (Lipinski definition) is 3. The number of Topliss-reactive ketones (excluding diaryl/α,β-unsaturated/α-hetero) is 1. The number of nitrogens with zero attached hydrogens (tertiary/aromatic N) is 1. The number of halogens is 3. The number of aliphatic hydroxyl groups is 1. The van der Waals surface area contributed by atoms with Crippen LogP contribution in [0.15, 0.2) is 18.2 Å². The van der Waals surface area contributed by atoms with Gasteiger partial charge in [0.15, 0.2) is 5.78 Å². The van der Waals surface area contributed by atoms with E-state index in [1.807, 2.05) is 14.0 Å². The molecule has 4 saturated carbocycles. The minimum atomic E-state index is -4.77. The summed E-state index contributed by atoms with van der Waals surface area (Å²) in [5.41, 5.74) is 7.63. The fourth-order valence-electron chi connectivity index (χ4n) is 9.99. The van der Waals surface area contributed by atoms with Crippen molar-refractivity contribution in [3.63, 3.8) is 0 Å². The van der Waals surface area contributed by atoms with Gasteiger partial charge < -0.3 is 30.5 Å². The van der Waals surface area contributed by atoms with E-state index in [4.69, 9.17) is 4.74 Å². The Hall–Kier alpha value is -1.88. The van der Waals surface area contributed by atoms with Gasteiger partial charge in [-0.2, -0.15) is 0 Å². The Balaban J connectivity index is 1.16. The van der Waals surface area contributed by atoms with E-state index < -0.39 is 12.0 Å². The predicted molar refractivity (Wildman–Crippen MR) is 143 cm³/mol. The fourth-order valence-corrected chi connectivity index (χ4v) is 9.99. The molecule has 1 aliphatic heterocycles. The second kappa shape index (κ2) is 9.85. The van der Waals surface area contributed by atoms with E-state index in [0.29, 0.717) is 40.1 Å². The van der Waals surface area contributed by atoms with Crippen molar-refractivity contribution in [1.29, 1.82) is 0 Å². The summed E-state index contributed by atoms with van der Waals surface area (Å²) in [6, 6.07) is 4.08. The number of nitrogens with one attached hydrogen (secondary N) is 2. The van der Waals surface area contributed by atoms with Crippen LogP contribution >= 0.6 is 0 Å². The van der Waals surface area contributed by atoms with Crippen molar-refractivity contribution in [2.24, 2.45) is 40.4 Å². The van der Waals surface area contributed by atoms with Crippen LogP contribution in [0.25, 0.3) is 5.53 Å². The van der Waals surface area contributed by atoms with E-state index >= 15 is 0 Å². The molecule has 4 aliphatic carbocycles. The maximum atomic E-state index is 13.8. The highest BCUT2D eigenvalue weighted by molar-refractivity contribution is 5.84. The van der Waals surface area contributed by atoms with Crippen molar-refractivity contribution in [2.45, 2.75) is 83.6 Å². The van der Waals surface area contributed by atoms with Gasteiger partial charge in [0.2, 0.25) is 0 Å². The number of quaternary nitrogens is 1. The van der Waals surface area contributed by atoms with Crippen LogP contribution < -0.4 is 15.2 Å². The number of carbonyl (C=O) groups excluding carboxylic acids is 1. The minimum Gasteiger partial charge on any atom is -0.434 e. The Kier molecular flexibility index (Phi) is 6.96. The van der Waals surface area contributed by atoms with Crippen LogP contribution in [0.2, 0.25) is 0 Å². The van der Waals surface area contributed by atoms with Crippen LogP contribution in [0, 0.1) is 40.4 Å². The number of ether oxygens (including phenoxy) is 2. The largest absolute Gasteiger partial charge is 0.573 e. The number of carbonyl (C=O) groups is 1. The van der Waals surface area contributed by atoms with Gasteiger partial charge >= 0.3 is 6.36 Å². The first-order chi connectivity index (χ1) is 18.9. The molecule has 0 saturated heterocycles. The minimum absolute atomic E-state index is 0.0405. The molecule has 5 aliphatic rings. The first kappa shape index (κ1) is 28.2. The molecule has 6 rings (SSSR count). The smallest absolute Gasteiger partial charge is 0.434 e. The van der Waals surface area contributed by atoms with Crippen LogP contribution in [0.5, 0.6) is 5.75 Å². The van der Waals surface area contributed by atoms with Crippen molar-refractivity contribution >= 4 is 17.2 Å². The highest BCUT2D eigenvalue weighted by Crippen LogP contribution is 2.68. The van der Waals surface area contributed by atoms with Crippen LogP contribution in [0.4, 0.5) is 24.5 Å². The molecule has 1 aromatic rings. The number of alkyl halides is 3. The van der Waals surface area contributed by atoms with Gasteiger partial charge in [-0.25, -0.2) is 0 Å². The zero-order valence-corrected chi connectivity index (χ0v) is 23.7. The standard InChI is InChI=1S/C30H42F3N3O4/c1-27(38)12-13-29(17-39-3)18(15-27)4-6-20-21-7-8-23(28(21,2)11-10-22(20)29)26(37)16-36-25-9-5-19(40-30(31,32)33)14-24(25)34-35-36/h5,9,14,18,20-23,34,36,38H,4,6-8,10-13,15-17H2,1-3H3/t18-,20-,21-,22-,23+,27+,28-,29+/m0/s1. The summed E-state index contributed by atoms with van der Waals surface area (Å²) in [7, 11) is 1.81. The van der Waals surface area contributed by atoms with Gasteiger partial charge in [0, 0.05) is 25.2 Å². The first-order valence-corrected chi connectivity index (χ1v) is 14.8. The van der Waals surface area contributed by atoms with Crippen LogP contribution in [0.1, 0.15) is 71.6 Å². The van der Waals surface area contributed by atoms with Gasteiger partial charge in [0.1, 0.15) is 18.0 Å². The highest BCUT2D eigenvalue weighted by Gasteiger charge is 2.63. The molecule has 1 heterocycles. The molecular weight excluding hydrogens is 523 g/mol. The normalized spacial score (nSPS) is 42.3. The molecule has 4 fully saturated rings. The Bertz CT molecular complexity index is 1150. The third kappa shape index (κ3) is 4.72. The molecule has 1 unspecified atom stereocenters. The lowest BCUT2D eigenvalue weighted by atomic mass is 9.43. The van der Waals surface area contributed by atoms with Crippen molar-refractivity contribution in [3.05, 3.63) is 23.7 Å². The summed E-state index contributed by atoms with van der Waals surface area (Å²) in [6.07, 6.45) is 4.23. The molecule has 0 radical (unpaired) electrons. The average Bonchev–Trinajstić information content (AvgIpc) is 3.43. The molecular formula is C30H42F3N3O4. The maximum absolute atomic E-state index is 13.8. The molecule has 7 nitrogen and oxygen atoms in total. The van der Waals surface area contributed by atoms with Gasteiger partial charge in [-0.15, -0.1) is 13.2 Å². The number of ketones is 1. The molecule has 9 atom stereocenters. The van der Waals surface area contributed by atoms with Crippen molar-refractivity contribution < 1.29 is 37.6 Å². The van der Waals surface area contributed by atoms with E-state index in [-0.39, 0.29) is 34.8 Å². The fraction of sp³-hybridized carbons (Fsp3) is 0.767. The van der Waals surface area contributed by atoms with Gasteiger partial charge in [0.05, 0.1) is 17.9 Å². The van der Waals surface area contributed by atoms with Gasteiger partial charge in [-0.1, -0.05) is 6.92 Å². The van der Waals surface area contributed by atoms with E-state index in [0.717, 1.165) is 64.4 Å². The summed E-state index contributed by atoms with van der Waals surface area (Å²) >= 11 is 0. The third-order valence-corrected chi connectivity index (χ3v) is 11.6. The zero-order chi connectivity index (χ0) is 28.5. The van der Waals surface area contributed by atoms with E-state index in [1.54, 1.807) is 6.07 Å². The SMILES string of the molecule is COC[C@]12CC[C@@](C)(O)C[C@@H]1CC[C@H]1[C@@H]3CC[C@H](C(=O)C[NH+]4[N-]Nc5cc(OC(F)(F)F)ccc54)[C@@]3(C)CC[C@@H]12. The number of hydrogen-bond acceptors (Lipinski definition) is 5. The number of anilines is 1. The Morgan fingerprint density at radius 2 is 1.93 bits per heavy atom. The second-order valence-corrected chi connectivity index (χ2v) is 13.8. The molecule has 0 aromatic heterocycles. The molecule has 222 valence electrons. The van der Waals surface area contributed by atoms with E-state index in [2.05, 4.69) is 22.6 Å². The van der Waals surface area contributed by atoms with Crippen LogP contribution in [-0.2, 0) is 9.53 Å². The second-order valence-electron chi connectivity index (χ2n) is 13.8. The van der Waals surface area contributed by atoms with Crippen molar-refractivity contribution in [1.82, 2.24) is 0 Å². The quantitative estimate of drug-likeness (QED) is 0.434. The zero-order valence-electron chi connectivity index (χ0n) is 23.7. The first-order valence-electron chi connectivity index (χ1n) is 14.8. The number of fused-ring (bicyclic) bond motifs is 6. The summed E-state index contributed by atoms with van der Waals surface area (Å²) in [5.74, 6) is 1.95. The van der Waals surface area contributed by atoms with E-state index in [9.17, 15) is 23.1 Å². The predicted octanol–water partition coefficient (Wildman–Crippen LogP) is 5.34. The summed E-state index contributed by atoms with van der Waals surface area (Å²) in [6.45, 7) is 5.24. The lowest BCUT2D eigenvalue weighted by Gasteiger charge is -2.62. The molecule has 0 bridgehead atoms. The summed E-state index contributed by atoms with van der Waals surface area (Å²) < 4.78 is 47.8. The monoisotopic (exact) mass is 565 g/mol. The number of benzene rings is 1. The van der Waals surface area contributed by atoms with Gasteiger partial charge in [-0.3, -0.25) is 4.79 Å². The molecule has 1 aromatic carbocycles. The third-order valence-electron chi connectivity index (χ3n) is 11.6. The molecule has 40 heavy (non-hydrogen) atoms. The Morgan fingerprint density at radius 1 is 1.12 bits per heavy atom. The highest BCUT2D eigenvalue weighted by atomic mass is 19.4. The average molecular weight is 566 g/mol. The summed E-state index contributed by atoms with van der Waals surface area (Å²) in [4.78, 5) is 13.8. The Labute approximate surface area is 234 Å². The number of methoxy groups -OCH3 is 1. The van der Waals surface area contributed by atoms with Gasteiger partial charge in [0.25, 0.3) is 0 Å². The number of rotatable bonds is 6. The lowest BCUT2D eigenvalue weighted by Crippen LogP contribution is -3.03. The molecule has 3 N–H and O–H groups in total. The van der Waals surface area contributed by atoms with Crippen LogP contribution in [0.3, 0.4) is 0 Å². The molecule has 10 heteroatoms. The van der Waals surface area contributed by atoms with Crippen molar-refractivity contribution in [2.75, 3.05) is 25.7 Å². The van der Waals surface area contributed by atoms with Gasteiger partial charge in [-0.05, 0) is 105 Å². The van der Waals surface area contributed by atoms with Crippen LogP contribution in [-0.4, -0.2) is 43.1 Å². The molecule has 0 spiro atoms. The maximum Gasteiger partial charge on any atom is 0.573 e. The van der Waals surface area contributed by atoms with Crippen molar-refractivity contribution in [3.8, 4) is 5.75 Å². The van der Waals surface area contributed by atoms with E-state index in [1.165, 1.54) is 12.1 Å². The summed E-state index contributed by atoms with van der Waals surface area (Å²) in [5, 5.41) is 11.4. The topological polar surface area (TPSA) is 86.3 Å². The molecule has 0 amide bonds. The lowest BCUT2D eigenvalue weighted by molar-refractivity contribution is -0.776.